The minimum atomic E-state index is -2.43. The average molecular weight is 436 g/mol. The fourth-order valence-corrected chi connectivity index (χ4v) is 6.42. The van der Waals surface area contributed by atoms with Gasteiger partial charge in [-0.05, 0) is 38.5 Å². The number of hydrogen-bond acceptors (Lipinski definition) is 8. The number of oxime groups is 1. The van der Waals surface area contributed by atoms with Crippen LogP contribution in [0, 0.1) is 5.92 Å². The topological polar surface area (TPSA) is 125 Å². The molecule has 2 aromatic rings. The van der Waals surface area contributed by atoms with Crippen molar-refractivity contribution in [2.45, 2.75) is 57.2 Å². The Balaban J connectivity index is 1.45. The van der Waals surface area contributed by atoms with Crippen LogP contribution in [0.25, 0.3) is 11.0 Å². The molecule has 0 bridgehead atoms. The molecule has 10 heteroatoms. The molecule has 5 rings (SSSR count). The lowest BCUT2D eigenvalue weighted by Gasteiger charge is -2.41. The molecule has 1 saturated heterocycles. The van der Waals surface area contributed by atoms with E-state index < -0.39 is 10.6 Å². The number of aliphatic hydroxyl groups is 1. The van der Waals surface area contributed by atoms with E-state index >= 15 is 0 Å². The van der Waals surface area contributed by atoms with E-state index in [1.165, 1.54) is 0 Å². The Hall–Kier alpha value is -1.88. The molecule has 1 saturated carbocycles. The molecule has 0 amide bonds. The summed E-state index contributed by atoms with van der Waals surface area (Å²) in [6.07, 6.45) is 7.45. The molecule has 30 heavy (non-hydrogen) atoms. The second-order valence-corrected chi connectivity index (χ2v) is 11.2. The Labute approximate surface area is 176 Å². The summed E-state index contributed by atoms with van der Waals surface area (Å²) in [5.74, 6) is 1.15. The highest BCUT2D eigenvalue weighted by molar-refractivity contribution is 8.24. The largest absolute Gasteiger partial charge is 0.396 e. The van der Waals surface area contributed by atoms with Gasteiger partial charge in [-0.25, -0.2) is 9.67 Å². The Bertz CT molecular complexity index is 975. The van der Waals surface area contributed by atoms with Gasteiger partial charge in [0.05, 0.1) is 23.0 Å². The molecule has 0 radical (unpaired) electrons. The van der Waals surface area contributed by atoms with Crippen molar-refractivity contribution in [2.75, 3.05) is 23.4 Å². The summed E-state index contributed by atoms with van der Waals surface area (Å²) in [6, 6.07) is 0.151. The molecular formula is C20H29N5O4S. The van der Waals surface area contributed by atoms with Gasteiger partial charge < -0.3 is 15.3 Å². The van der Waals surface area contributed by atoms with Crippen molar-refractivity contribution in [3.8, 4) is 0 Å². The summed E-state index contributed by atoms with van der Waals surface area (Å²) >= 11 is 0. The third-order valence-electron chi connectivity index (χ3n) is 6.63. The fraction of sp³-hybridized carbons (Fsp3) is 0.650. The zero-order chi connectivity index (χ0) is 20.9. The second kappa shape index (κ2) is 7.37. The first-order valence-electron chi connectivity index (χ1n) is 10.6. The predicted molar refractivity (Wildman–Crippen MR) is 117 cm³/mol. The SMILES string of the molecule is CCn1ncc2c(NC3CCS(O)(O)CC3)c(C3=NOC4(C3)CC(CO)C4)cnc21. The van der Waals surface area contributed by atoms with Crippen LogP contribution in [0.1, 0.15) is 44.6 Å². The summed E-state index contributed by atoms with van der Waals surface area (Å²) in [5, 5.41) is 22.8. The Morgan fingerprint density at radius 1 is 1.27 bits per heavy atom. The van der Waals surface area contributed by atoms with Gasteiger partial charge in [-0.15, -0.1) is 0 Å². The van der Waals surface area contributed by atoms with Gasteiger partial charge in [0, 0.05) is 48.9 Å². The van der Waals surface area contributed by atoms with Crippen molar-refractivity contribution >= 4 is 33.0 Å². The highest BCUT2D eigenvalue weighted by atomic mass is 32.3. The number of aliphatic hydroxyl groups excluding tert-OH is 1. The second-order valence-electron chi connectivity index (χ2n) is 8.82. The number of aryl methyl sites for hydroxylation is 1. The van der Waals surface area contributed by atoms with Gasteiger partial charge in [0.15, 0.2) is 5.65 Å². The molecule has 2 aromatic heterocycles. The van der Waals surface area contributed by atoms with E-state index in [0.717, 1.165) is 47.4 Å². The molecule has 1 aliphatic carbocycles. The lowest BCUT2D eigenvalue weighted by Crippen LogP contribution is -2.45. The smallest absolute Gasteiger partial charge is 0.159 e. The van der Waals surface area contributed by atoms with Crippen molar-refractivity contribution < 1.29 is 19.0 Å². The molecule has 164 valence electrons. The molecule has 9 nitrogen and oxygen atoms in total. The molecule has 2 fully saturated rings. The first-order valence-corrected chi connectivity index (χ1v) is 12.5. The summed E-state index contributed by atoms with van der Waals surface area (Å²) in [4.78, 5) is 10.5. The van der Waals surface area contributed by atoms with Gasteiger partial charge >= 0.3 is 0 Å². The molecule has 4 N–H and O–H groups in total. The van der Waals surface area contributed by atoms with Crippen LogP contribution in [0.4, 0.5) is 5.69 Å². The van der Waals surface area contributed by atoms with Gasteiger partial charge in [-0.1, -0.05) is 5.16 Å². The van der Waals surface area contributed by atoms with Crippen LogP contribution in [0.2, 0.25) is 0 Å². The van der Waals surface area contributed by atoms with Crippen LogP contribution in [0.15, 0.2) is 17.5 Å². The van der Waals surface area contributed by atoms with E-state index in [1.807, 2.05) is 24.0 Å². The quantitative estimate of drug-likeness (QED) is 0.569. The molecule has 0 unspecified atom stereocenters. The first-order chi connectivity index (χ1) is 14.4. The van der Waals surface area contributed by atoms with E-state index in [9.17, 15) is 14.2 Å². The van der Waals surface area contributed by atoms with Crippen molar-refractivity contribution in [3.05, 3.63) is 18.0 Å². The summed E-state index contributed by atoms with van der Waals surface area (Å²) in [7, 11) is -2.43. The van der Waals surface area contributed by atoms with E-state index in [0.29, 0.717) is 36.7 Å². The number of pyridine rings is 1. The molecule has 0 atom stereocenters. The number of aromatic nitrogens is 3. The monoisotopic (exact) mass is 435 g/mol. The zero-order valence-electron chi connectivity index (χ0n) is 17.1. The lowest BCUT2D eigenvalue weighted by molar-refractivity contribution is -0.117. The average Bonchev–Trinajstić information content (AvgIpc) is 3.33. The van der Waals surface area contributed by atoms with Gasteiger partial charge in [-0.2, -0.15) is 15.7 Å². The third kappa shape index (κ3) is 3.45. The van der Waals surface area contributed by atoms with Crippen molar-refractivity contribution in [3.63, 3.8) is 0 Å². The van der Waals surface area contributed by atoms with E-state index in [1.54, 1.807) is 0 Å². The minimum Gasteiger partial charge on any atom is -0.396 e. The Morgan fingerprint density at radius 3 is 2.73 bits per heavy atom. The summed E-state index contributed by atoms with van der Waals surface area (Å²) in [6.45, 7) is 2.96. The van der Waals surface area contributed by atoms with Crippen molar-refractivity contribution in [1.82, 2.24) is 14.8 Å². The molecular weight excluding hydrogens is 406 g/mol. The van der Waals surface area contributed by atoms with E-state index in [-0.39, 0.29) is 18.2 Å². The highest BCUT2D eigenvalue weighted by Crippen LogP contribution is 2.48. The normalized spacial score (nSPS) is 24.5. The maximum atomic E-state index is 9.96. The number of fused-ring (bicyclic) bond motifs is 1. The summed E-state index contributed by atoms with van der Waals surface area (Å²) in [5.41, 5.74) is 3.26. The first kappa shape index (κ1) is 20.0. The van der Waals surface area contributed by atoms with Crippen LogP contribution < -0.4 is 5.32 Å². The molecule has 2 aliphatic heterocycles. The molecule has 4 heterocycles. The fourth-order valence-electron chi connectivity index (χ4n) is 4.90. The summed E-state index contributed by atoms with van der Waals surface area (Å²) < 4.78 is 21.8. The van der Waals surface area contributed by atoms with Crippen molar-refractivity contribution in [2.24, 2.45) is 11.1 Å². The maximum Gasteiger partial charge on any atom is 0.159 e. The van der Waals surface area contributed by atoms with Crippen LogP contribution >= 0.6 is 10.6 Å². The van der Waals surface area contributed by atoms with Crippen LogP contribution in [0.5, 0.6) is 0 Å². The minimum absolute atomic E-state index is 0.151. The predicted octanol–water partition coefficient (Wildman–Crippen LogP) is 3.04. The van der Waals surface area contributed by atoms with Gasteiger partial charge in [0.1, 0.15) is 5.60 Å². The van der Waals surface area contributed by atoms with Crippen molar-refractivity contribution in [1.29, 1.82) is 0 Å². The number of anilines is 1. The van der Waals surface area contributed by atoms with Gasteiger partial charge in [0.25, 0.3) is 0 Å². The molecule has 0 aromatic carbocycles. The maximum absolute atomic E-state index is 9.96. The Morgan fingerprint density at radius 2 is 2.03 bits per heavy atom. The van der Waals surface area contributed by atoms with E-state index in [2.05, 4.69) is 20.6 Å². The molecule has 3 aliphatic rings. The number of hydrogen-bond donors (Lipinski definition) is 4. The number of rotatable bonds is 5. The van der Waals surface area contributed by atoms with E-state index in [4.69, 9.17) is 4.84 Å². The third-order valence-corrected chi connectivity index (χ3v) is 8.41. The zero-order valence-corrected chi connectivity index (χ0v) is 17.9. The Kier molecular flexibility index (Phi) is 4.92. The molecule has 1 spiro atoms. The number of nitrogens with one attached hydrogen (secondary N) is 1. The van der Waals surface area contributed by atoms with Crippen LogP contribution in [0.3, 0.4) is 0 Å². The van der Waals surface area contributed by atoms with Crippen LogP contribution in [-0.4, -0.2) is 64.4 Å². The number of nitrogens with zero attached hydrogens (tertiary/aromatic N) is 4. The van der Waals surface area contributed by atoms with Gasteiger partial charge in [0.2, 0.25) is 0 Å². The van der Waals surface area contributed by atoms with Gasteiger partial charge in [-0.3, -0.25) is 9.11 Å². The highest BCUT2D eigenvalue weighted by Gasteiger charge is 2.50. The standard InChI is InChI=1S/C20H29N5O4S/c1-2-25-19-16(11-22-25)18(23-14-3-5-30(27,28)6-4-14)15(10-21-19)17-9-20(29-24-17)7-13(8-20)12-26/h10-11,13-14,26-28H,2-9,12H2,1H3,(H,21,23). The van der Waals surface area contributed by atoms with Crippen LogP contribution in [-0.2, 0) is 11.4 Å². The lowest BCUT2D eigenvalue weighted by atomic mass is 9.69.